The van der Waals surface area contributed by atoms with Gasteiger partial charge in [0.05, 0.1) is 6.54 Å². The van der Waals surface area contributed by atoms with Crippen LogP contribution in [0, 0.1) is 0 Å². The van der Waals surface area contributed by atoms with E-state index in [0.717, 1.165) is 16.9 Å². The summed E-state index contributed by atoms with van der Waals surface area (Å²) in [5.41, 5.74) is 2.59. The maximum Gasteiger partial charge on any atom is 0.326 e. The highest BCUT2D eigenvalue weighted by Crippen LogP contribution is 2.29. The first-order valence-corrected chi connectivity index (χ1v) is 7.72. The van der Waals surface area contributed by atoms with Gasteiger partial charge in [0.15, 0.2) is 0 Å². The Labute approximate surface area is 145 Å². The summed E-state index contributed by atoms with van der Waals surface area (Å²) in [6.45, 7) is 3.54. The predicted octanol–water partition coefficient (Wildman–Crippen LogP) is 5.14. The Bertz CT molecular complexity index is 726. The van der Waals surface area contributed by atoms with E-state index in [9.17, 15) is 9.59 Å². The fourth-order valence-corrected chi connectivity index (χ4v) is 2.39. The highest BCUT2D eigenvalue weighted by atomic mass is 35.5. The first-order valence-electron chi connectivity index (χ1n) is 6.96. The maximum absolute atomic E-state index is 12.1. The number of benzene rings is 2. The Morgan fingerprint density at radius 1 is 1.04 bits per heavy atom. The molecule has 0 unspecified atom stereocenters. The van der Waals surface area contributed by atoms with Crippen molar-refractivity contribution in [1.82, 2.24) is 0 Å². The number of hydrogen-bond donors (Lipinski definition) is 1. The van der Waals surface area contributed by atoms with Gasteiger partial charge >= 0.3 is 6.03 Å². The molecule has 0 atom stereocenters. The highest BCUT2D eigenvalue weighted by Gasteiger charge is 2.23. The van der Waals surface area contributed by atoms with Crippen molar-refractivity contribution in [2.24, 2.45) is 0 Å². The number of carbonyl (C=O) groups excluding carboxylic acids is 2. The van der Waals surface area contributed by atoms with Crippen molar-refractivity contribution in [3.8, 4) is 0 Å². The minimum atomic E-state index is -0.155. The quantitative estimate of drug-likeness (QED) is 0.773. The normalized spacial score (nSPS) is 12.7. The zero-order chi connectivity index (χ0) is 17.0. The lowest BCUT2D eigenvalue weighted by atomic mass is 10.1. The number of halogens is 2. The molecule has 0 radical (unpaired) electrons. The smallest absolute Gasteiger partial charge is 0.307 e. The average molecular weight is 351 g/mol. The topological polar surface area (TPSA) is 49.4 Å². The minimum Gasteiger partial charge on any atom is -0.307 e. The Balaban J connectivity index is 0.000000433. The van der Waals surface area contributed by atoms with E-state index in [2.05, 4.69) is 5.32 Å². The summed E-state index contributed by atoms with van der Waals surface area (Å²) in [7, 11) is 0. The molecule has 3 rings (SSSR count). The zero-order valence-corrected chi connectivity index (χ0v) is 14.3. The third kappa shape index (κ3) is 4.71. The van der Waals surface area contributed by atoms with E-state index in [1.807, 2.05) is 24.3 Å². The van der Waals surface area contributed by atoms with E-state index >= 15 is 0 Å². The second-order valence-corrected chi connectivity index (χ2v) is 6.08. The third-order valence-electron chi connectivity index (χ3n) is 3.02. The van der Waals surface area contributed by atoms with Crippen LogP contribution in [0.1, 0.15) is 19.4 Å². The molecule has 1 aliphatic heterocycles. The lowest BCUT2D eigenvalue weighted by molar-refractivity contribution is -0.114. The van der Waals surface area contributed by atoms with Gasteiger partial charge in [-0.1, -0.05) is 23.2 Å². The van der Waals surface area contributed by atoms with Crippen LogP contribution in [-0.2, 0) is 11.3 Å². The van der Waals surface area contributed by atoms with Crippen LogP contribution in [-0.4, -0.2) is 11.8 Å². The molecule has 2 aromatic carbocycles. The van der Waals surface area contributed by atoms with E-state index < -0.39 is 0 Å². The number of urea groups is 1. The summed E-state index contributed by atoms with van der Waals surface area (Å²) < 4.78 is 0. The number of ketones is 1. The van der Waals surface area contributed by atoms with Crippen molar-refractivity contribution < 1.29 is 9.59 Å². The number of nitrogens with zero attached hydrogens (tertiary/aromatic N) is 1. The molecule has 0 saturated carbocycles. The molecule has 1 heterocycles. The molecule has 0 fully saturated rings. The summed E-state index contributed by atoms with van der Waals surface area (Å²) in [6, 6.07) is 12.4. The lowest BCUT2D eigenvalue weighted by Gasteiger charge is -2.29. The molecule has 0 bridgehead atoms. The summed E-state index contributed by atoms with van der Waals surface area (Å²) in [5, 5.41) is 4.15. The molecule has 0 saturated heterocycles. The zero-order valence-electron chi connectivity index (χ0n) is 12.8. The van der Waals surface area contributed by atoms with Crippen LogP contribution in [0.3, 0.4) is 0 Å². The van der Waals surface area contributed by atoms with Gasteiger partial charge in [-0.3, -0.25) is 4.90 Å². The van der Waals surface area contributed by atoms with E-state index in [1.165, 1.54) is 13.8 Å². The van der Waals surface area contributed by atoms with Gasteiger partial charge in [0.2, 0.25) is 0 Å². The van der Waals surface area contributed by atoms with Crippen LogP contribution < -0.4 is 10.2 Å². The Hall–Kier alpha value is -2.04. The number of amides is 2. The van der Waals surface area contributed by atoms with Crippen molar-refractivity contribution in [3.63, 3.8) is 0 Å². The first kappa shape index (κ1) is 17.3. The monoisotopic (exact) mass is 350 g/mol. The number of carbonyl (C=O) groups is 2. The molecular formula is C17H16Cl2N2O2. The van der Waals surface area contributed by atoms with Crippen molar-refractivity contribution in [2.45, 2.75) is 20.4 Å². The molecule has 2 aromatic rings. The molecule has 120 valence electrons. The van der Waals surface area contributed by atoms with Crippen LogP contribution in [0.2, 0.25) is 10.0 Å². The summed E-state index contributed by atoms with van der Waals surface area (Å²) >= 11 is 11.8. The van der Waals surface area contributed by atoms with Crippen molar-refractivity contribution in [2.75, 3.05) is 10.2 Å². The maximum atomic E-state index is 12.1. The van der Waals surface area contributed by atoms with E-state index in [-0.39, 0.29) is 11.8 Å². The summed E-state index contributed by atoms with van der Waals surface area (Å²) in [4.78, 5) is 23.2. The van der Waals surface area contributed by atoms with Crippen molar-refractivity contribution >= 4 is 46.4 Å². The van der Waals surface area contributed by atoms with Gasteiger partial charge in [0.25, 0.3) is 0 Å². The largest absolute Gasteiger partial charge is 0.326 e. The number of Topliss-reactive ketones (excluding diaryl/α,β-unsaturated/α-hetero) is 1. The minimum absolute atomic E-state index is 0.155. The number of hydrogen-bond acceptors (Lipinski definition) is 2. The molecule has 23 heavy (non-hydrogen) atoms. The molecule has 4 nitrogen and oxygen atoms in total. The van der Waals surface area contributed by atoms with Crippen LogP contribution in [0.5, 0.6) is 0 Å². The molecule has 1 aliphatic rings. The summed E-state index contributed by atoms with van der Waals surface area (Å²) in [6.07, 6.45) is 0. The Morgan fingerprint density at radius 3 is 2.22 bits per heavy atom. The fourth-order valence-electron chi connectivity index (χ4n) is 2.07. The number of anilines is 2. The summed E-state index contributed by atoms with van der Waals surface area (Å²) in [5.74, 6) is 0.167. The molecule has 2 amide bonds. The molecule has 0 aromatic heterocycles. The second kappa shape index (κ2) is 7.49. The SMILES string of the molecule is CC(C)=O.O=C1Nc2ccc(Cl)cc2CN1c1ccc(Cl)cc1. The van der Waals surface area contributed by atoms with Gasteiger partial charge in [-0.25, -0.2) is 4.79 Å². The fraction of sp³-hybridized carbons (Fsp3) is 0.176. The van der Waals surface area contributed by atoms with Crippen LogP contribution >= 0.6 is 23.2 Å². The van der Waals surface area contributed by atoms with Gasteiger partial charge in [0, 0.05) is 21.4 Å². The molecule has 0 aliphatic carbocycles. The Morgan fingerprint density at radius 2 is 1.61 bits per heavy atom. The number of nitrogens with one attached hydrogen (secondary N) is 1. The van der Waals surface area contributed by atoms with E-state index in [1.54, 1.807) is 23.1 Å². The van der Waals surface area contributed by atoms with Crippen LogP contribution in [0.15, 0.2) is 42.5 Å². The lowest BCUT2D eigenvalue weighted by Crippen LogP contribution is -2.38. The molecular weight excluding hydrogens is 335 g/mol. The van der Waals surface area contributed by atoms with Crippen LogP contribution in [0.4, 0.5) is 16.2 Å². The van der Waals surface area contributed by atoms with E-state index in [4.69, 9.17) is 23.2 Å². The van der Waals surface area contributed by atoms with Gasteiger partial charge in [0.1, 0.15) is 5.78 Å². The van der Waals surface area contributed by atoms with Gasteiger partial charge in [-0.15, -0.1) is 0 Å². The molecule has 1 N–H and O–H groups in total. The third-order valence-corrected chi connectivity index (χ3v) is 3.51. The number of rotatable bonds is 1. The van der Waals surface area contributed by atoms with Gasteiger partial charge in [-0.05, 0) is 61.9 Å². The van der Waals surface area contributed by atoms with Crippen molar-refractivity contribution in [1.29, 1.82) is 0 Å². The molecule has 0 spiro atoms. The number of fused-ring (bicyclic) bond motifs is 1. The van der Waals surface area contributed by atoms with Crippen molar-refractivity contribution in [3.05, 3.63) is 58.1 Å². The predicted molar refractivity (Wildman–Crippen MR) is 94.5 cm³/mol. The molecule has 6 heteroatoms. The van der Waals surface area contributed by atoms with Crippen LogP contribution in [0.25, 0.3) is 0 Å². The standard InChI is InChI=1S/C14H10Cl2N2O.C3H6O/c15-10-1-4-12(5-2-10)18-8-9-7-11(16)3-6-13(9)17-14(18)19;1-3(2)4/h1-7H,8H2,(H,17,19);1-2H3. The highest BCUT2D eigenvalue weighted by molar-refractivity contribution is 6.31. The second-order valence-electron chi connectivity index (χ2n) is 5.20. The van der Waals surface area contributed by atoms with Gasteiger partial charge in [-0.2, -0.15) is 0 Å². The van der Waals surface area contributed by atoms with E-state index in [0.29, 0.717) is 16.6 Å². The van der Waals surface area contributed by atoms with Gasteiger partial charge < -0.3 is 10.1 Å². The average Bonchev–Trinajstić information content (AvgIpc) is 2.47. The Kier molecular flexibility index (Phi) is 5.64. The first-order chi connectivity index (χ1) is 10.9.